The molecule has 2 rings (SSSR count). The van der Waals surface area contributed by atoms with Crippen molar-refractivity contribution in [1.29, 1.82) is 0 Å². The Morgan fingerprint density at radius 2 is 1.67 bits per heavy atom. The highest BCUT2D eigenvalue weighted by molar-refractivity contribution is 7.89. The minimum Gasteiger partial charge on any atom is -0.457 e. The van der Waals surface area contributed by atoms with Gasteiger partial charge in [0.2, 0.25) is 10.0 Å². The number of ether oxygens (including phenoxy) is 1. The molecule has 2 aromatic carbocycles. The first-order chi connectivity index (χ1) is 10.0. The quantitative estimate of drug-likeness (QED) is 0.857. The number of sulfonamides is 1. The monoisotopic (exact) mass is 305 g/mol. The molecular formula is C15H15NO4S. The fourth-order valence-corrected chi connectivity index (χ4v) is 2.70. The van der Waals surface area contributed by atoms with Crippen LogP contribution < -0.4 is 4.72 Å². The van der Waals surface area contributed by atoms with Gasteiger partial charge in [-0.15, -0.1) is 0 Å². The molecule has 0 atom stereocenters. The number of nitrogens with one attached hydrogen (secondary N) is 1. The molecule has 5 nitrogen and oxygen atoms in total. The maximum atomic E-state index is 12.1. The van der Waals surface area contributed by atoms with Crippen LogP contribution in [0.3, 0.4) is 0 Å². The number of esters is 1. The van der Waals surface area contributed by atoms with Gasteiger partial charge in [-0.2, -0.15) is 0 Å². The molecule has 0 fully saturated rings. The van der Waals surface area contributed by atoms with Crippen LogP contribution in [-0.2, 0) is 21.4 Å². The summed E-state index contributed by atoms with van der Waals surface area (Å²) >= 11 is 0. The molecule has 1 N–H and O–H groups in total. The summed E-state index contributed by atoms with van der Waals surface area (Å²) in [5.74, 6) is -0.673. The number of carbonyl (C=O) groups excluding carboxylic acids is 1. The first kappa shape index (κ1) is 15.2. The van der Waals surface area contributed by atoms with Crippen molar-refractivity contribution in [3.8, 4) is 0 Å². The van der Waals surface area contributed by atoms with Gasteiger partial charge in [0.15, 0.2) is 0 Å². The first-order valence-corrected chi connectivity index (χ1v) is 7.76. The van der Waals surface area contributed by atoms with Crippen molar-refractivity contribution in [2.24, 2.45) is 0 Å². The predicted octanol–water partition coefficient (Wildman–Crippen LogP) is 1.95. The minimum absolute atomic E-state index is 0.0165. The Labute approximate surface area is 123 Å². The van der Waals surface area contributed by atoms with Crippen LogP contribution >= 0.6 is 0 Å². The van der Waals surface area contributed by atoms with Crippen LogP contribution in [0, 0.1) is 0 Å². The summed E-state index contributed by atoms with van der Waals surface area (Å²) in [6.07, 6.45) is 0. The summed E-state index contributed by atoms with van der Waals surface area (Å²) in [4.78, 5) is 12.0. The third-order valence-electron chi connectivity index (χ3n) is 2.88. The van der Waals surface area contributed by atoms with Crippen LogP contribution in [0.2, 0.25) is 0 Å². The Bertz CT molecular complexity index is 726. The highest BCUT2D eigenvalue weighted by atomic mass is 32.2. The lowest BCUT2D eigenvalue weighted by Gasteiger charge is -2.09. The number of rotatable bonds is 5. The number of benzene rings is 2. The van der Waals surface area contributed by atoms with E-state index < -0.39 is 16.0 Å². The molecule has 0 saturated carbocycles. The van der Waals surface area contributed by atoms with Gasteiger partial charge < -0.3 is 4.74 Å². The molecule has 6 heteroatoms. The van der Waals surface area contributed by atoms with E-state index in [9.17, 15) is 13.2 Å². The maximum absolute atomic E-state index is 12.1. The van der Waals surface area contributed by atoms with Crippen LogP contribution in [0.5, 0.6) is 0 Å². The maximum Gasteiger partial charge on any atom is 0.339 e. The van der Waals surface area contributed by atoms with E-state index in [1.165, 1.54) is 19.2 Å². The topological polar surface area (TPSA) is 72.5 Å². The summed E-state index contributed by atoms with van der Waals surface area (Å²) in [6.45, 7) is 0.0909. The second kappa shape index (κ2) is 6.51. The molecule has 0 radical (unpaired) electrons. The number of hydrogen-bond acceptors (Lipinski definition) is 4. The zero-order valence-corrected chi connectivity index (χ0v) is 12.3. The SMILES string of the molecule is CNS(=O)(=O)c1ccccc1C(=O)OCc1ccccc1. The van der Waals surface area contributed by atoms with Gasteiger partial charge in [-0.25, -0.2) is 17.9 Å². The van der Waals surface area contributed by atoms with Gasteiger partial charge in [-0.1, -0.05) is 42.5 Å². The van der Waals surface area contributed by atoms with E-state index in [0.29, 0.717) is 0 Å². The van der Waals surface area contributed by atoms with E-state index in [-0.39, 0.29) is 17.1 Å². The van der Waals surface area contributed by atoms with Gasteiger partial charge in [0.25, 0.3) is 0 Å². The Kier molecular flexibility index (Phi) is 4.72. The molecule has 0 bridgehead atoms. The highest BCUT2D eigenvalue weighted by Crippen LogP contribution is 2.16. The van der Waals surface area contributed by atoms with E-state index >= 15 is 0 Å². The van der Waals surface area contributed by atoms with Crippen molar-refractivity contribution in [3.63, 3.8) is 0 Å². The summed E-state index contributed by atoms with van der Waals surface area (Å²) < 4.78 is 31.1. The van der Waals surface area contributed by atoms with E-state index in [4.69, 9.17) is 4.74 Å². The van der Waals surface area contributed by atoms with E-state index in [1.54, 1.807) is 12.1 Å². The average molecular weight is 305 g/mol. The fourth-order valence-electron chi connectivity index (χ4n) is 1.78. The largest absolute Gasteiger partial charge is 0.457 e. The predicted molar refractivity (Wildman–Crippen MR) is 78.2 cm³/mol. The lowest BCUT2D eigenvalue weighted by atomic mass is 10.2. The third-order valence-corrected chi connectivity index (χ3v) is 4.35. The molecule has 0 heterocycles. The Balaban J connectivity index is 2.21. The number of carbonyl (C=O) groups is 1. The molecule has 21 heavy (non-hydrogen) atoms. The molecule has 0 aliphatic carbocycles. The minimum atomic E-state index is -3.71. The molecule has 0 amide bonds. The van der Waals surface area contributed by atoms with Gasteiger partial charge in [0.1, 0.15) is 6.61 Å². The van der Waals surface area contributed by atoms with E-state index in [0.717, 1.165) is 5.56 Å². The molecule has 110 valence electrons. The molecule has 0 aliphatic rings. The van der Waals surface area contributed by atoms with E-state index in [2.05, 4.69) is 4.72 Å². The molecule has 0 spiro atoms. The van der Waals surface area contributed by atoms with Crippen LogP contribution in [0.15, 0.2) is 59.5 Å². The second-order valence-electron chi connectivity index (χ2n) is 4.27. The highest BCUT2D eigenvalue weighted by Gasteiger charge is 2.21. The molecule has 0 aromatic heterocycles. The van der Waals surface area contributed by atoms with E-state index in [1.807, 2.05) is 30.3 Å². The molecule has 0 saturated heterocycles. The zero-order valence-electron chi connectivity index (χ0n) is 11.4. The van der Waals surface area contributed by atoms with Gasteiger partial charge in [-0.3, -0.25) is 0 Å². The molecular weight excluding hydrogens is 290 g/mol. The van der Waals surface area contributed by atoms with Crippen molar-refractivity contribution in [3.05, 3.63) is 65.7 Å². The average Bonchev–Trinajstić information content (AvgIpc) is 2.53. The number of hydrogen-bond donors (Lipinski definition) is 1. The Hall–Kier alpha value is -2.18. The Morgan fingerprint density at radius 1 is 1.05 bits per heavy atom. The van der Waals surface area contributed by atoms with Crippen LogP contribution in [-0.4, -0.2) is 21.4 Å². The van der Waals surface area contributed by atoms with Gasteiger partial charge in [0, 0.05) is 0 Å². The lowest BCUT2D eigenvalue weighted by molar-refractivity contribution is 0.0468. The van der Waals surface area contributed by atoms with Gasteiger partial charge in [0.05, 0.1) is 10.5 Å². The van der Waals surface area contributed by atoms with Crippen molar-refractivity contribution in [2.45, 2.75) is 11.5 Å². The summed E-state index contributed by atoms with van der Waals surface area (Å²) in [5, 5.41) is 0. The summed E-state index contributed by atoms with van der Waals surface area (Å²) in [5.41, 5.74) is 0.850. The van der Waals surface area contributed by atoms with Crippen molar-refractivity contribution < 1.29 is 17.9 Å². The molecule has 2 aromatic rings. The fraction of sp³-hybridized carbons (Fsp3) is 0.133. The standard InChI is InChI=1S/C15H15NO4S/c1-16-21(18,19)14-10-6-5-9-13(14)15(17)20-11-12-7-3-2-4-8-12/h2-10,16H,11H2,1H3. The van der Waals surface area contributed by atoms with Gasteiger partial charge in [-0.05, 0) is 24.7 Å². The summed E-state index contributed by atoms with van der Waals surface area (Å²) in [7, 11) is -2.41. The van der Waals surface area contributed by atoms with Crippen LogP contribution in [0.1, 0.15) is 15.9 Å². The van der Waals surface area contributed by atoms with Crippen molar-refractivity contribution in [1.82, 2.24) is 4.72 Å². The lowest BCUT2D eigenvalue weighted by Crippen LogP contribution is -2.22. The molecule has 0 unspecified atom stereocenters. The van der Waals surface area contributed by atoms with Crippen molar-refractivity contribution >= 4 is 16.0 Å². The van der Waals surface area contributed by atoms with Gasteiger partial charge >= 0.3 is 5.97 Å². The summed E-state index contributed by atoms with van der Waals surface area (Å²) in [6, 6.07) is 15.1. The smallest absolute Gasteiger partial charge is 0.339 e. The second-order valence-corrected chi connectivity index (χ2v) is 6.12. The molecule has 0 aliphatic heterocycles. The third kappa shape index (κ3) is 3.68. The van der Waals surface area contributed by atoms with Crippen molar-refractivity contribution in [2.75, 3.05) is 7.05 Å². The first-order valence-electron chi connectivity index (χ1n) is 6.28. The Morgan fingerprint density at radius 3 is 2.33 bits per heavy atom. The van der Waals surface area contributed by atoms with Crippen LogP contribution in [0.4, 0.5) is 0 Å². The zero-order chi connectivity index (χ0) is 15.3. The normalized spacial score (nSPS) is 11.1. The van der Waals surface area contributed by atoms with Crippen LogP contribution in [0.25, 0.3) is 0 Å².